The van der Waals surface area contributed by atoms with Crippen molar-refractivity contribution in [2.75, 3.05) is 12.3 Å². The molecule has 19 heavy (non-hydrogen) atoms. The van der Waals surface area contributed by atoms with Crippen LogP contribution in [0.2, 0.25) is 0 Å². The van der Waals surface area contributed by atoms with E-state index >= 15 is 0 Å². The summed E-state index contributed by atoms with van der Waals surface area (Å²) in [5.41, 5.74) is 7.56. The SMILES string of the molecule is CCCOC(=O)c1cccc(Cc2nonc2N)c1. The molecule has 1 aromatic carbocycles. The number of hydrogen-bond acceptors (Lipinski definition) is 6. The lowest BCUT2D eigenvalue weighted by Crippen LogP contribution is -2.06. The van der Waals surface area contributed by atoms with Crippen LogP contribution in [0.3, 0.4) is 0 Å². The molecule has 2 aromatic rings. The Kier molecular flexibility index (Phi) is 4.12. The van der Waals surface area contributed by atoms with Crippen molar-refractivity contribution in [3.8, 4) is 0 Å². The van der Waals surface area contributed by atoms with Crippen molar-refractivity contribution in [1.82, 2.24) is 10.3 Å². The van der Waals surface area contributed by atoms with Crippen molar-refractivity contribution in [3.63, 3.8) is 0 Å². The standard InChI is InChI=1S/C13H15N3O3/c1-2-6-18-13(17)10-5-3-4-9(7-10)8-11-12(14)16-19-15-11/h3-5,7H,2,6,8H2,1H3,(H2,14,16). The normalized spacial score (nSPS) is 10.4. The van der Waals surface area contributed by atoms with E-state index in [1.807, 2.05) is 13.0 Å². The van der Waals surface area contributed by atoms with E-state index in [0.29, 0.717) is 24.3 Å². The van der Waals surface area contributed by atoms with Crippen LogP contribution in [0.15, 0.2) is 28.9 Å². The molecule has 0 aliphatic heterocycles. The summed E-state index contributed by atoms with van der Waals surface area (Å²) in [6.07, 6.45) is 1.26. The van der Waals surface area contributed by atoms with Gasteiger partial charge in [0, 0.05) is 6.42 Å². The Balaban J connectivity index is 2.11. The van der Waals surface area contributed by atoms with E-state index in [1.54, 1.807) is 18.2 Å². The van der Waals surface area contributed by atoms with Gasteiger partial charge < -0.3 is 10.5 Å². The average Bonchev–Trinajstić information content (AvgIpc) is 2.82. The summed E-state index contributed by atoms with van der Waals surface area (Å²) in [5, 5.41) is 7.22. The fourth-order valence-corrected chi connectivity index (χ4v) is 1.62. The lowest BCUT2D eigenvalue weighted by atomic mass is 10.1. The van der Waals surface area contributed by atoms with Gasteiger partial charge in [0.2, 0.25) is 0 Å². The van der Waals surface area contributed by atoms with Crippen molar-refractivity contribution in [3.05, 3.63) is 41.1 Å². The van der Waals surface area contributed by atoms with E-state index in [0.717, 1.165) is 12.0 Å². The Labute approximate surface area is 110 Å². The van der Waals surface area contributed by atoms with Crippen LogP contribution in [-0.4, -0.2) is 22.9 Å². The van der Waals surface area contributed by atoms with Crippen molar-refractivity contribution >= 4 is 11.8 Å². The smallest absolute Gasteiger partial charge is 0.338 e. The molecule has 0 radical (unpaired) electrons. The zero-order chi connectivity index (χ0) is 13.7. The molecule has 0 saturated heterocycles. The number of nitrogens with two attached hydrogens (primary N) is 1. The third-order valence-corrected chi connectivity index (χ3v) is 2.56. The lowest BCUT2D eigenvalue weighted by Gasteiger charge is -2.04. The van der Waals surface area contributed by atoms with Crippen LogP contribution in [-0.2, 0) is 11.2 Å². The second-order valence-corrected chi connectivity index (χ2v) is 4.11. The summed E-state index contributed by atoms with van der Waals surface area (Å²) in [6, 6.07) is 7.14. The highest BCUT2D eigenvalue weighted by atomic mass is 16.6. The molecule has 0 aliphatic rings. The van der Waals surface area contributed by atoms with Crippen molar-refractivity contribution in [1.29, 1.82) is 0 Å². The molecule has 0 aliphatic carbocycles. The molecule has 6 nitrogen and oxygen atoms in total. The number of carbonyl (C=O) groups excluding carboxylic acids is 1. The molecule has 2 rings (SSSR count). The number of ether oxygens (including phenoxy) is 1. The predicted molar refractivity (Wildman–Crippen MR) is 68.5 cm³/mol. The van der Waals surface area contributed by atoms with E-state index in [2.05, 4.69) is 14.9 Å². The molecule has 0 amide bonds. The number of anilines is 1. The molecule has 0 atom stereocenters. The number of aromatic nitrogens is 2. The summed E-state index contributed by atoms with van der Waals surface area (Å²) < 4.78 is 9.61. The lowest BCUT2D eigenvalue weighted by molar-refractivity contribution is 0.0505. The molecule has 0 saturated carbocycles. The summed E-state index contributed by atoms with van der Waals surface area (Å²) in [4.78, 5) is 11.7. The Morgan fingerprint density at radius 2 is 2.26 bits per heavy atom. The third kappa shape index (κ3) is 3.31. The van der Waals surface area contributed by atoms with E-state index in [4.69, 9.17) is 10.5 Å². The first kappa shape index (κ1) is 13.1. The molecule has 2 N–H and O–H groups in total. The van der Waals surface area contributed by atoms with Gasteiger partial charge in [-0.1, -0.05) is 24.2 Å². The van der Waals surface area contributed by atoms with Gasteiger partial charge in [-0.05, 0) is 29.3 Å². The summed E-state index contributed by atoms with van der Waals surface area (Å²) in [7, 11) is 0. The highest BCUT2D eigenvalue weighted by molar-refractivity contribution is 5.89. The van der Waals surface area contributed by atoms with Gasteiger partial charge in [0.25, 0.3) is 0 Å². The fourth-order valence-electron chi connectivity index (χ4n) is 1.62. The van der Waals surface area contributed by atoms with Gasteiger partial charge >= 0.3 is 5.97 Å². The van der Waals surface area contributed by atoms with Crippen LogP contribution < -0.4 is 5.73 Å². The molecule has 0 unspecified atom stereocenters. The van der Waals surface area contributed by atoms with Gasteiger partial charge in [0.1, 0.15) is 5.69 Å². The van der Waals surface area contributed by atoms with Crippen LogP contribution >= 0.6 is 0 Å². The maximum atomic E-state index is 11.7. The van der Waals surface area contributed by atoms with Gasteiger partial charge in [-0.2, -0.15) is 0 Å². The first-order chi connectivity index (χ1) is 9.20. The first-order valence-corrected chi connectivity index (χ1v) is 6.03. The van der Waals surface area contributed by atoms with Gasteiger partial charge in [-0.3, -0.25) is 0 Å². The summed E-state index contributed by atoms with van der Waals surface area (Å²) in [6.45, 7) is 2.37. The third-order valence-electron chi connectivity index (χ3n) is 2.56. The maximum absolute atomic E-state index is 11.7. The minimum atomic E-state index is -0.324. The Hall–Kier alpha value is -2.37. The first-order valence-electron chi connectivity index (χ1n) is 6.03. The molecule has 6 heteroatoms. The van der Waals surface area contributed by atoms with Crippen LogP contribution in [0.4, 0.5) is 5.82 Å². The zero-order valence-corrected chi connectivity index (χ0v) is 10.6. The molecular weight excluding hydrogens is 246 g/mol. The number of nitrogen functional groups attached to an aromatic ring is 1. The van der Waals surface area contributed by atoms with Gasteiger partial charge in [-0.15, -0.1) is 0 Å². The topological polar surface area (TPSA) is 91.2 Å². The van der Waals surface area contributed by atoms with E-state index in [9.17, 15) is 4.79 Å². The second kappa shape index (κ2) is 5.99. The van der Waals surface area contributed by atoms with Gasteiger partial charge in [0.05, 0.1) is 12.2 Å². The number of nitrogens with zero attached hydrogens (tertiary/aromatic N) is 2. The minimum Gasteiger partial charge on any atom is -0.462 e. The van der Waals surface area contributed by atoms with E-state index in [1.165, 1.54) is 0 Å². The summed E-state index contributed by atoms with van der Waals surface area (Å²) >= 11 is 0. The highest BCUT2D eigenvalue weighted by Gasteiger charge is 2.10. The molecule has 0 spiro atoms. The number of benzene rings is 1. The molecule has 0 fully saturated rings. The summed E-state index contributed by atoms with van der Waals surface area (Å²) in [5.74, 6) is -0.0612. The maximum Gasteiger partial charge on any atom is 0.338 e. The molecule has 0 bridgehead atoms. The van der Waals surface area contributed by atoms with E-state index < -0.39 is 0 Å². The Morgan fingerprint density at radius 1 is 1.42 bits per heavy atom. The highest BCUT2D eigenvalue weighted by Crippen LogP contribution is 2.14. The fraction of sp³-hybridized carbons (Fsp3) is 0.308. The molecular formula is C13H15N3O3. The molecule has 100 valence electrons. The predicted octanol–water partition coefficient (Wildman–Crippen LogP) is 1.81. The van der Waals surface area contributed by atoms with Gasteiger partial charge in [-0.25, -0.2) is 9.42 Å². The Bertz CT molecular complexity index is 566. The minimum absolute atomic E-state index is 0.263. The number of rotatable bonds is 5. The Morgan fingerprint density at radius 3 is 2.95 bits per heavy atom. The van der Waals surface area contributed by atoms with Crippen molar-refractivity contribution in [2.24, 2.45) is 0 Å². The molecule has 1 heterocycles. The molecule has 1 aromatic heterocycles. The van der Waals surface area contributed by atoms with Crippen LogP contribution in [0, 0.1) is 0 Å². The number of hydrogen-bond donors (Lipinski definition) is 1. The second-order valence-electron chi connectivity index (χ2n) is 4.11. The quantitative estimate of drug-likeness (QED) is 0.825. The van der Waals surface area contributed by atoms with Crippen molar-refractivity contribution in [2.45, 2.75) is 19.8 Å². The monoisotopic (exact) mass is 261 g/mol. The average molecular weight is 261 g/mol. The van der Waals surface area contributed by atoms with E-state index in [-0.39, 0.29) is 11.8 Å². The number of esters is 1. The zero-order valence-electron chi connectivity index (χ0n) is 10.6. The van der Waals surface area contributed by atoms with Crippen LogP contribution in [0.25, 0.3) is 0 Å². The largest absolute Gasteiger partial charge is 0.462 e. The van der Waals surface area contributed by atoms with Gasteiger partial charge in [0.15, 0.2) is 5.82 Å². The van der Waals surface area contributed by atoms with Crippen LogP contribution in [0.1, 0.15) is 35.0 Å². The van der Waals surface area contributed by atoms with Crippen molar-refractivity contribution < 1.29 is 14.2 Å². The van der Waals surface area contributed by atoms with Crippen LogP contribution in [0.5, 0.6) is 0 Å². The number of carbonyl (C=O) groups is 1.